The first-order chi connectivity index (χ1) is 12.8. The highest BCUT2D eigenvalue weighted by Gasteiger charge is 2.24. The number of nitrogens with one attached hydrogen (secondary N) is 2. The van der Waals surface area contributed by atoms with Crippen LogP contribution in [0.1, 0.15) is 15.9 Å². The van der Waals surface area contributed by atoms with Gasteiger partial charge in [0.05, 0.1) is 10.6 Å². The SMILES string of the molecule is Cc1cccc(C(=O)OCC(=O)NC(=O)Nc2ccccc2F)c1[N+](=O)[O-]. The maximum Gasteiger partial charge on any atom is 0.345 e. The summed E-state index contributed by atoms with van der Waals surface area (Å²) in [6.07, 6.45) is 0. The number of rotatable bonds is 5. The fourth-order valence-corrected chi connectivity index (χ4v) is 2.15. The van der Waals surface area contributed by atoms with Gasteiger partial charge in [-0.1, -0.05) is 24.3 Å². The fourth-order valence-electron chi connectivity index (χ4n) is 2.15. The summed E-state index contributed by atoms with van der Waals surface area (Å²) >= 11 is 0. The molecule has 2 N–H and O–H groups in total. The molecule has 0 aliphatic rings. The summed E-state index contributed by atoms with van der Waals surface area (Å²) in [7, 11) is 0. The number of hydrogen-bond acceptors (Lipinski definition) is 6. The van der Waals surface area contributed by atoms with E-state index in [1.807, 2.05) is 5.32 Å². The van der Waals surface area contributed by atoms with Crippen LogP contribution in [0.25, 0.3) is 0 Å². The van der Waals surface area contributed by atoms with Gasteiger partial charge in [-0.2, -0.15) is 0 Å². The van der Waals surface area contributed by atoms with Crippen LogP contribution < -0.4 is 10.6 Å². The largest absolute Gasteiger partial charge is 0.452 e. The van der Waals surface area contributed by atoms with Gasteiger partial charge < -0.3 is 10.1 Å². The van der Waals surface area contributed by atoms with Crippen LogP contribution in [0.2, 0.25) is 0 Å². The maximum atomic E-state index is 13.4. The number of imide groups is 1. The molecule has 0 atom stereocenters. The molecule has 0 bridgehead atoms. The Morgan fingerprint density at radius 3 is 2.52 bits per heavy atom. The minimum atomic E-state index is -1.09. The Labute approximate surface area is 152 Å². The summed E-state index contributed by atoms with van der Waals surface area (Å²) in [5.41, 5.74) is -0.637. The average molecular weight is 375 g/mol. The van der Waals surface area contributed by atoms with Crippen molar-refractivity contribution >= 4 is 29.3 Å². The number of carbonyl (C=O) groups excluding carboxylic acids is 3. The number of nitro groups is 1. The Kier molecular flexibility index (Phi) is 6.15. The monoisotopic (exact) mass is 375 g/mol. The summed E-state index contributed by atoms with van der Waals surface area (Å²) in [5, 5.41) is 15.0. The van der Waals surface area contributed by atoms with Gasteiger partial charge in [0.2, 0.25) is 0 Å². The molecule has 0 aliphatic heterocycles. The molecule has 2 aromatic rings. The zero-order valence-electron chi connectivity index (χ0n) is 14.0. The molecule has 0 radical (unpaired) electrons. The van der Waals surface area contributed by atoms with E-state index in [1.54, 1.807) is 0 Å². The second-order valence-corrected chi connectivity index (χ2v) is 5.29. The number of carbonyl (C=O) groups is 3. The molecule has 0 aliphatic carbocycles. The highest BCUT2D eigenvalue weighted by molar-refractivity contribution is 6.02. The van der Waals surface area contributed by atoms with Crippen molar-refractivity contribution in [2.75, 3.05) is 11.9 Å². The number of para-hydroxylation sites is 2. The molecule has 0 spiro atoms. The first-order valence-electron chi connectivity index (χ1n) is 7.56. The number of benzene rings is 2. The van der Waals surface area contributed by atoms with Crippen molar-refractivity contribution in [2.24, 2.45) is 0 Å². The van der Waals surface area contributed by atoms with Gasteiger partial charge in [-0.15, -0.1) is 0 Å². The third-order valence-electron chi connectivity index (χ3n) is 3.35. The molecule has 0 aromatic heterocycles. The van der Waals surface area contributed by atoms with Crippen LogP contribution in [0, 0.1) is 22.9 Å². The quantitative estimate of drug-likeness (QED) is 0.470. The molecule has 140 valence electrons. The number of anilines is 1. The van der Waals surface area contributed by atoms with E-state index in [9.17, 15) is 28.9 Å². The Hall–Kier alpha value is -3.82. The van der Waals surface area contributed by atoms with Crippen LogP contribution in [0.4, 0.5) is 20.6 Å². The van der Waals surface area contributed by atoms with Gasteiger partial charge in [0.1, 0.15) is 11.4 Å². The number of aryl methyl sites for hydroxylation is 1. The molecule has 0 heterocycles. The Bertz CT molecular complexity index is 915. The second kappa shape index (κ2) is 8.52. The lowest BCUT2D eigenvalue weighted by Crippen LogP contribution is -2.37. The minimum absolute atomic E-state index is 0.143. The molecule has 0 saturated carbocycles. The predicted molar refractivity (Wildman–Crippen MR) is 91.7 cm³/mol. The summed E-state index contributed by atoms with van der Waals surface area (Å²) in [6.45, 7) is 0.600. The van der Waals surface area contributed by atoms with Crippen LogP contribution in [0.15, 0.2) is 42.5 Å². The van der Waals surface area contributed by atoms with Crippen LogP contribution in [0.5, 0.6) is 0 Å². The van der Waals surface area contributed by atoms with Crippen LogP contribution in [-0.4, -0.2) is 29.4 Å². The van der Waals surface area contributed by atoms with Crippen LogP contribution >= 0.6 is 0 Å². The van der Waals surface area contributed by atoms with E-state index < -0.39 is 40.9 Å². The van der Waals surface area contributed by atoms with Crippen molar-refractivity contribution in [2.45, 2.75) is 6.92 Å². The standard InChI is InChI=1S/C17H14FN3O6/c1-10-5-4-6-11(15(10)21(25)26)16(23)27-9-14(22)20-17(24)19-13-8-3-2-7-12(13)18/h2-8H,9H2,1H3,(H2,19,20,22,24). The Balaban J connectivity index is 1.93. The maximum absolute atomic E-state index is 13.4. The molecule has 2 aromatic carbocycles. The van der Waals surface area contributed by atoms with Gasteiger partial charge in [-0.3, -0.25) is 20.2 Å². The zero-order chi connectivity index (χ0) is 20.0. The van der Waals surface area contributed by atoms with Crippen molar-refractivity contribution in [1.29, 1.82) is 0 Å². The van der Waals surface area contributed by atoms with Gasteiger partial charge in [0.15, 0.2) is 6.61 Å². The molecule has 27 heavy (non-hydrogen) atoms. The number of nitro benzene ring substituents is 1. The van der Waals surface area contributed by atoms with Crippen LogP contribution in [-0.2, 0) is 9.53 Å². The second-order valence-electron chi connectivity index (χ2n) is 5.29. The number of ether oxygens (including phenoxy) is 1. The van der Waals surface area contributed by atoms with Gasteiger partial charge >= 0.3 is 12.0 Å². The van der Waals surface area contributed by atoms with Crippen molar-refractivity contribution in [3.8, 4) is 0 Å². The molecule has 3 amide bonds. The summed E-state index contributed by atoms with van der Waals surface area (Å²) in [4.78, 5) is 45.6. The lowest BCUT2D eigenvalue weighted by atomic mass is 10.1. The number of esters is 1. The van der Waals surface area contributed by atoms with Crippen molar-refractivity contribution in [3.05, 3.63) is 69.5 Å². The van der Waals surface area contributed by atoms with E-state index in [1.165, 1.54) is 43.3 Å². The first kappa shape index (κ1) is 19.5. The van der Waals surface area contributed by atoms with E-state index in [0.717, 1.165) is 6.07 Å². The van der Waals surface area contributed by atoms with E-state index >= 15 is 0 Å². The molecular weight excluding hydrogens is 361 g/mol. The highest BCUT2D eigenvalue weighted by Crippen LogP contribution is 2.23. The lowest BCUT2D eigenvalue weighted by Gasteiger charge is -2.08. The average Bonchev–Trinajstić information content (AvgIpc) is 2.61. The topological polar surface area (TPSA) is 128 Å². The first-order valence-corrected chi connectivity index (χ1v) is 7.56. The summed E-state index contributed by atoms with van der Waals surface area (Å²) < 4.78 is 18.1. The molecule has 0 fully saturated rings. The van der Waals surface area contributed by atoms with E-state index in [0.29, 0.717) is 0 Å². The number of halogens is 1. The minimum Gasteiger partial charge on any atom is -0.452 e. The van der Waals surface area contributed by atoms with Crippen LogP contribution in [0.3, 0.4) is 0 Å². The smallest absolute Gasteiger partial charge is 0.345 e. The normalized spacial score (nSPS) is 10.0. The predicted octanol–water partition coefficient (Wildman–Crippen LogP) is 2.55. The molecule has 0 unspecified atom stereocenters. The summed E-state index contributed by atoms with van der Waals surface area (Å²) in [5.74, 6) is -2.78. The van der Waals surface area contributed by atoms with Gasteiger partial charge in [0.25, 0.3) is 11.6 Å². The number of urea groups is 1. The van der Waals surface area contributed by atoms with Crippen molar-refractivity contribution < 1.29 is 28.4 Å². The molecule has 10 heteroatoms. The highest BCUT2D eigenvalue weighted by atomic mass is 19.1. The Morgan fingerprint density at radius 2 is 1.85 bits per heavy atom. The third kappa shape index (κ3) is 5.08. The van der Waals surface area contributed by atoms with Gasteiger partial charge in [-0.25, -0.2) is 14.0 Å². The molecule has 0 saturated heterocycles. The molecule has 2 rings (SSSR count). The summed E-state index contributed by atoms with van der Waals surface area (Å²) in [6, 6.07) is 8.36. The number of nitrogens with zero attached hydrogens (tertiary/aromatic N) is 1. The van der Waals surface area contributed by atoms with E-state index in [2.05, 4.69) is 5.32 Å². The molecular formula is C17H14FN3O6. The van der Waals surface area contributed by atoms with Crippen molar-refractivity contribution in [1.82, 2.24) is 5.32 Å². The lowest BCUT2D eigenvalue weighted by molar-refractivity contribution is -0.385. The number of hydrogen-bond donors (Lipinski definition) is 2. The van der Waals surface area contributed by atoms with Gasteiger partial charge in [0, 0.05) is 5.56 Å². The number of amides is 3. The fraction of sp³-hybridized carbons (Fsp3) is 0.118. The molecule has 9 nitrogen and oxygen atoms in total. The van der Waals surface area contributed by atoms with E-state index in [-0.39, 0.29) is 16.8 Å². The zero-order valence-corrected chi connectivity index (χ0v) is 14.0. The van der Waals surface area contributed by atoms with Gasteiger partial charge in [-0.05, 0) is 25.1 Å². The Morgan fingerprint density at radius 1 is 1.15 bits per heavy atom. The third-order valence-corrected chi connectivity index (χ3v) is 3.35. The van der Waals surface area contributed by atoms with E-state index in [4.69, 9.17) is 4.74 Å². The van der Waals surface area contributed by atoms with Crippen molar-refractivity contribution in [3.63, 3.8) is 0 Å².